The van der Waals surface area contributed by atoms with E-state index in [2.05, 4.69) is 13.8 Å². The predicted octanol–water partition coefficient (Wildman–Crippen LogP) is 6.98. The standard InChI is InChI=1S/C20H38/c1-3-17(4-2)16-20-14-12-19(13-15-20)11-10-18-8-6-5-7-9-18/h17-20H,3-16H2,1-2H3. The third-order valence-corrected chi connectivity index (χ3v) is 6.50. The minimum atomic E-state index is 1.01. The van der Waals surface area contributed by atoms with Crippen molar-refractivity contribution in [1.82, 2.24) is 0 Å². The molecule has 0 heterocycles. The van der Waals surface area contributed by atoms with E-state index < -0.39 is 0 Å². The van der Waals surface area contributed by atoms with Crippen LogP contribution in [0.3, 0.4) is 0 Å². The zero-order valence-corrected chi connectivity index (χ0v) is 14.2. The molecule has 0 aromatic heterocycles. The molecule has 0 bridgehead atoms. The first-order valence-electron chi connectivity index (χ1n) is 9.81. The molecule has 0 aromatic carbocycles. The molecule has 2 fully saturated rings. The third kappa shape index (κ3) is 5.41. The molecule has 0 atom stereocenters. The summed E-state index contributed by atoms with van der Waals surface area (Å²) in [6.45, 7) is 4.76. The van der Waals surface area contributed by atoms with E-state index in [0.717, 1.165) is 23.7 Å². The summed E-state index contributed by atoms with van der Waals surface area (Å²) in [6, 6.07) is 0. The lowest BCUT2D eigenvalue weighted by Gasteiger charge is -2.31. The molecule has 0 heteroatoms. The van der Waals surface area contributed by atoms with Gasteiger partial charge in [0, 0.05) is 0 Å². The molecule has 2 aliphatic rings. The minimum absolute atomic E-state index is 1.01. The summed E-state index contributed by atoms with van der Waals surface area (Å²) >= 11 is 0. The van der Waals surface area contributed by atoms with Crippen LogP contribution in [0.4, 0.5) is 0 Å². The average Bonchev–Trinajstić information content (AvgIpc) is 2.53. The van der Waals surface area contributed by atoms with Gasteiger partial charge in [-0.05, 0) is 30.1 Å². The highest BCUT2D eigenvalue weighted by Gasteiger charge is 2.24. The summed E-state index contributed by atoms with van der Waals surface area (Å²) in [5, 5.41) is 0. The maximum Gasteiger partial charge on any atom is -0.0411 e. The van der Waals surface area contributed by atoms with Gasteiger partial charge in [-0.3, -0.25) is 0 Å². The van der Waals surface area contributed by atoms with E-state index in [4.69, 9.17) is 0 Å². The first-order valence-corrected chi connectivity index (χ1v) is 9.81. The maximum absolute atomic E-state index is 2.38. The van der Waals surface area contributed by atoms with Gasteiger partial charge in [0.2, 0.25) is 0 Å². The normalized spacial score (nSPS) is 28.9. The Kier molecular flexibility index (Phi) is 7.45. The van der Waals surface area contributed by atoms with E-state index in [-0.39, 0.29) is 0 Å². The molecule has 2 rings (SSSR count). The van der Waals surface area contributed by atoms with Crippen LogP contribution in [0.15, 0.2) is 0 Å². The van der Waals surface area contributed by atoms with Gasteiger partial charge in [0.05, 0.1) is 0 Å². The first kappa shape index (κ1) is 16.4. The molecule has 0 N–H and O–H groups in total. The molecule has 118 valence electrons. The molecule has 0 unspecified atom stereocenters. The zero-order chi connectivity index (χ0) is 14.2. The van der Waals surface area contributed by atoms with Gasteiger partial charge in [0.25, 0.3) is 0 Å². The molecule has 20 heavy (non-hydrogen) atoms. The van der Waals surface area contributed by atoms with Crippen molar-refractivity contribution in [2.45, 2.75) is 104 Å². The lowest BCUT2D eigenvalue weighted by Crippen LogP contribution is -2.18. The molecule has 0 spiro atoms. The second kappa shape index (κ2) is 9.11. The van der Waals surface area contributed by atoms with Crippen molar-refractivity contribution in [3.05, 3.63) is 0 Å². The fourth-order valence-electron chi connectivity index (χ4n) is 4.80. The molecule has 0 aliphatic heterocycles. The molecule has 2 aliphatic carbocycles. The Bertz CT molecular complexity index is 226. The third-order valence-electron chi connectivity index (χ3n) is 6.50. The lowest BCUT2D eigenvalue weighted by molar-refractivity contribution is 0.208. The van der Waals surface area contributed by atoms with Crippen molar-refractivity contribution in [1.29, 1.82) is 0 Å². The van der Waals surface area contributed by atoms with E-state index in [1.54, 1.807) is 51.4 Å². The Morgan fingerprint density at radius 1 is 0.650 bits per heavy atom. The van der Waals surface area contributed by atoms with Gasteiger partial charge in [-0.25, -0.2) is 0 Å². The van der Waals surface area contributed by atoms with Crippen LogP contribution >= 0.6 is 0 Å². The van der Waals surface area contributed by atoms with Crippen LogP contribution in [-0.4, -0.2) is 0 Å². The quantitative estimate of drug-likeness (QED) is 0.471. The molecule has 0 nitrogen and oxygen atoms in total. The highest BCUT2D eigenvalue weighted by molar-refractivity contribution is 4.76. The van der Waals surface area contributed by atoms with Crippen LogP contribution in [-0.2, 0) is 0 Å². The molecule has 0 radical (unpaired) electrons. The maximum atomic E-state index is 2.38. The van der Waals surface area contributed by atoms with Crippen molar-refractivity contribution in [2.75, 3.05) is 0 Å². The molecular formula is C20H38. The fourth-order valence-corrected chi connectivity index (χ4v) is 4.80. The Labute approximate surface area is 128 Å². The second-order valence-electron chi connectivity index (χ2n) is 7.89. The van der Waals surface area contributed by atoms with Crippen molar-refractivity contribution >= 4 is 0 Å². The van der Waals surface area contributed by atoms with Crippen LogP contribution < -0.4 is 0 Å². The minimum Gasteiger partial charge on any atom is -0.0651 e. The van der Waals surface area contributed by atoms with Crippen molar-refractivity contribution in [3.8, 4) is 0 Å². The lowest BCUT2D eigenvalue weighted by atomic mass is 9.74. The van der Waals surface area contributed by atoms with Gasteiger partial charge in [0.15, 0.2) is 0 Å². The summed E-state index contributed by atoms with van der Waals surface area (Å²) in [5.74, 6) is 4.28. The van der Waals surface area contributed by atoms with Gasteiger partial charge < -0.3 is 0 Å². The Hall–Kier alpha value is 0. The largest absolute Gasteiger partial charge is 0.0651 e. The summed E-state index contributed by atoms with van der Waals surface area (Å²) < 4.78 is 0. The average molecular weight is 279 g/mol. The first-order chi connectivity index (χ1) is 9.81. The summed E-state index contributed by atoms with van der Waals surface area (Å²) in [4.78, 5) is 0. The number of hydrogen-bond acceptors (Lipinski definition) is 0. The highest BCUT2D eigenvalue weighted by Crippen LogP contribution is 2.37. The van der Waals surface area contributed by atoms with Crippen molar-refractivity contribution < 1.29 is 0 Å². The van der Waals surface area contributed by atoms with Crippen LogP contribution in [0.1, 0.15) is 104 Å². The van der Waals surface area contributed by atoms with E-state index in [0.29, 0.717) is 0 Å². The monoisotopic (exact) mass is 278 g/mol. The van der Waals surface area contributed by atoms with Crippen LogP contribution in [0.25, 0.3) is 0 Å². The molecule has 0 saturated heterocycles. The van der Waals surface area contributed by atoms with Gasteiger partial charge in [-0.15, -0.1) is 0 Å². The van der Waals surface area contributed by atoms with Gasteiger partial charge in [-0.1, -0.05) is 97.3 Å². The topological polar surface area (TPSA) is 0 Å². The molecule has 0 aromatic rings. The zero-order valence-electron chi connectivity index (χ0n) is 14.2. The van der Waals surface area contributed by atoms with Gasteiger partial charge in [0.1, 0.15) is 0 Å². The predicted molar refractivity (Wildman–Crippen MR) is 89.9 cm³/mol. The SMILES string of the molecule is CCC(CC)CC1CCC(CCC2CCCCC2)CC1. The summed E-state index contributed by atoms with van der Waals surface area (Å²) in [7, 11) is 0. The van der Waals surface area contributed by atoms with E-state index >= 15 is 0 Å². The number of hydrogen-bond donors (Lipinski definition) is 0. The second-order valence-corrected chi connectivity index (χ2v) is 7.89. The highest BCUT2D eigenvalue weighted by atomic mass is 14.3. The molecule has 2 saturated carbocycles. The van der Waals surface area contributed by atoms with Crippen LogP contribution in [0, 0.1) is 23.7 Å². The van der Waals surface area contributed by atoms with Gasteiger partial charge in [-0.2, -0.15) is 0 Å². The summed E-state index contributed by atoms with van der Waals surface area (Å²) in [5.41, 5.74) is 0. The smallest absolute Gasteiger partial charge is 0.0411 e. The van der Waals surface area contributed by atoms with Crippen molar-refractivity contribution in [3.63, 3.8) is 0 Å². The van der Waals surface area contributed by atoms with E-state index in [9.17, 15) is 0 Å². The van der Waals surface area contributed by atoms with Crippen LogP contribution in [0.5, 0.6) is 0 Å². The van der Waals surface area contributed by atoms with E-state index in [1.807, 2.05) is 0 Å². The Balaban J connectivity index is 1.59. The summed E-state index contributed by atoms with van der Waals surface area (Å²) in [6.07, 6.45) is 21.3. The van der Waals surface area contributed by atoms with Crippen molar-refractivity contribution in [2.24, 2.45) is 23.7 Å². The van der Waals surface area contributed by atoms with Gasteiger partial charge >= 0.3 is 0 Å². The van der Waals surface area contributed by atoms with Crippen LogP contribution in [0.2, 0.25) is 0 Å². The molecule has 0 amide bonds. The fraction of sp³-hybridized carbons (Fsp3) is 1.00. The molecular weight excluding hydrogens is 240 g/mol. The van der Waals surface area contributed by atoms with E-state index in [1.165, 1.54) is 38.5 Å². The Morgan fingerprint density at radius 3 is 1.70 bits per heavy atom. The Morgan fingerprint density at radius 2 is 1.15 bits per heavy atom. The number of rotatable bonds is 7.